The number of hydrogen-bond acceptors (Lipinski definition) is 18. The Hall–Kier alpha value is -10.1. The van der Waals surface area contributed by atoms with Crippen LogP contribution in [0.3, 0.4) is 0 Å². The van der Waals surface area contributed by atoms with Crippen LogP contribution in [0.25, 0.3) is 44.1 Å². The Bertz CT molecular complexity index is 3690. The van der Waals surface area contributed by atoms with Crippen LogP contribution in [0.4, 0.5) is 0 Å². The van der Waals surface area contributed by atoms with Gasteiger partial charge in [0.1, 0.15) is 48.5 Å². The van der Waals surface area contributed by atoms with Gasteiger partial charge >= 0.3 is 17.9 Å². The summed E-state index contributed by atoms with van der Waals surface area (Å²) in [5.41, 5.74) is 15.5. The van der Waals surface area contributed by atoms with Crippen molar-refractivity contribution in [3.8, 4) is 12.3 Å². The molecule has 7 heterocycles. The third-order valence-corrected chi connectivity index (χ3v) is 15.6. The number of hydrogen-bond donors (Lipinski definition) is 7. The topological polar surface area (TPSA) is 376 Å². The SMILES string of the molecule is C#CC(=O)O.C[C@@H]1NC(=O)[C@H](CCN=[N+]=[N-])NC(=O)C(C)(C)/C=C/c2cc3cc(ccc3cn2)[C@@H](C)OC(=O)[C@@H]2CCCN(N2)C1=O.C[C@@H]1NC(=O)[C@H](CCn2ccnn2)NC(=O)C(C)(C)/C=C/c2cc3cc(ccc3cn2)[C@@H](C)OC(=O)[C@@H]2CCCN(N2)C1=O. The van der Waals surface area contributed by atoms with Crippen LogP contribution < -0.4 is 32.1 Å². The normalized spacial score (nSPS) is 24.7. The van der Waals surface area contributed by atoms with Gasteiger partial charge in [-0.15, -0.1) is 11.5 Å². The van der Waals surface area contributed by atoms with Crippen LogP contribution in [-0.4, -0.2) is 149 Å². The average Bonchev–Trinajstić information content (AvgIpc) is 2.01. The lowest BCUT2D eigenvalue weighted by Gasteiger charge is -2.35. The predicted octanol–water partition coefficient (Wildman–Crippen LogP) is 4.84. The van der Waals surface area contributed by atoms with Crippen molar-refractivity contribution in [2.45, 2.75) is 149 Å². The van der Waals surface area contributed by atoms with Crippen molar-refractivity contribution < 1.29 is 57.7 Å². The lowest BCUT2D eigenvalue weighted by atomic mass is 9.90. The number of nitrogens with one attached hydrogen (secondary N) is 6. The van der Waals surface area contributed by atoms with Crippen molar-refractivity contribution >= 4 is 87.0 Å². The second-order valence-corrected chi connectivity index (χ2v) is 23.5. The summed E-state index contributed by atoms with van der Waals surface area (Å²) in [6, 6.07) is 9.91. The first-order valence-corrected chi connectivity index (χ1v) is 29.8. The number of carboxylic acids is 1. The number of fused-ring (bicyclic) bond motifs is 8. The Labute approximate surface area is 525 Å². The molecule has 0 saturated carbocycles. The third-order valence-electron chi connectivity index (χ3n) is 15.6. The maximum Gasteiger partial charge on any atom is 0.381 e. The molecule has 6 amide bonds. The van der Waals surface area contributed by atoms with Gasteiger partial charge in [-0.1, -0.05) is 46.7 Å². The maximum atomic E-state index is 13.5. The highest BCUT2D eigenvalue weighted by Gasteiger charge is 2.37. The molecule has 91 heavy (non-hydrogen) atoms. The number of aromatic nitrogens is 5. The number of carboxylic acid groups (broad SMARTS) is 1. The minimum Gasteiger partial charge on any atom is -0.472 e. The van der Waals surface area contributed by atoms with Crippen LogP contribution in [0.5, 0.6) is 0 Å². The van der Waals surface area contributed by atoms with Crippen LogP contribution in [0.15, 0.2) is 90.6 Å². The number of carbonyl (C=O) groups excluding carboxylic acids is 8. The molecule has 0 spiro atoms. The highest BCUT2D eigenvalue weighted by atomic mass is 16.5. The van der Waals surface area contributed by atoms with E-state index in [1.54, 1.807) is 96.0 Å². The Morgan fingerprint density at radius 3 is 1.56 bits per heavy atom. The molecule has 2 aromatic carbocycles. The minimum absolute atomic E-state index is 0.0327. The molecule has 4 aliphatic rings. The summed E-state index contributed by atoms with van der Waals surface area (Å²) in [5.74, 6) is -3.49. The van der Waals surface area contributed by atoms with Gasteiger partial charge in [-0.05, 0) is 158 Å². The predicted molar refractivity (Wildman–Crippen MR) is 333 cm³/mol. The fourth-order valence-corrected chi connectivity index (χ4v) is 9.95. The third kappa shape index (κ3) is 18.7. The summed E-state index contributed by atoms with van der Waals surface area (Å²) in [6.45, 7) is 14.6. The van der Waals surface area contributed by atoms with Crippen molar-refractivity contribution in [2.75, 3.05) is 19.6 Å². The van der Waals surface area contributed by atoms with Gasteiger partial charge in [0, 0.05) is 66.4 Å². The highest BCUT2D eigenvalue weighted by molar-refractivity contribution is 5.96. The quantitative estimate of drug-likeness (QED) is 0.0393. The van der Waals surface area contributed by atoms with Crippen LogP contribution in [0, 0.1) is 23.2 Å². The number of pyridine rings is 2. The molecule has 28 nitrogen and oxygen atoms in total. The number of benzene rings is 2. The largest absolute Gasteiger partial charge is 0.472 e. The maximum absolute atomic E-state index is 13.5. The van der Waals surface area contributed by atoms with Crippen LogP contribution in [0.2, 0.25) is 0 Å². The van der Waals surface area contributed by atoms with Crippen molar-refractivity contribution in [2.24, 2.45) is 15.9 Å². The van der Waals surface area contributed by atoms with Gasteiger partial charge in [-0.3, -0.25) is 63.0 Å². The monoisotopic (exact) mass is 1250 g/mol. The number of ether oxygens (including phenoxy) is 2. The van der Waals surface area contributed by atoms with Crippen molar-refractivity contribution in [1.29, 1.82) is 0 Å². The summed E-state index contributed by atoms with van der Waals surface area (Å²) < 4.78 is 13.2. The molecular formula is C63H76N16O12. The van der Waals surface area contributed by atoms with E-state index in [4.69, 9.17) is 24.9 Å². The first kappa shape index (κ1) is 68.4. The number of nitrogens with zero attached hydrogens (tertiary/aromatic N) is 10. The van der Waals surface area contributed by atoms with Gasteiger partial charge in [-0.25, -0.2) is 15.6 Å². The van der Waals surface area contributed by atoms with Gasteiger partial charge in [0.05, 0.1) is 28.4 Å². The molecule has 2 fully saturated rings. The minimum atomic E-state index is -1.22. The van der Waals surface area contributed by atoms with E-state index >= 15 is 0 Å². The molecule has 4 aliphatic heterocycles. The number of carbonyl (C=O) groups is 9. The number of amides is 6. The molecule has 9 rings (SSSR count). The zero-order valence-corrected chi connectivity index (χ0v) is 51.9. The molecule has 5 aromatic rings. The molecule has 0 unspecified atom stereocenters. The van der Waals surface area contributed by atoms with Crippen molar-refractivity contribution in [1.82, 2.24) is 67.1 Å². The summed E-state index contributed by atoms with van der Waals surface area (Å²) in [4.78, 5) is 127. The van der Waals surface area contributed by atoms with E-state index in [1.807, 2.05) is 48.5 Å². The molecule has 480 valence electrons. The van der Waals surface area contributed by atoms with E-state index in [2.05, 4.69) is 68.8 Å². The van der Waals surface area contributed by atoms with Crippen molar-refractivity contribution in [3.63, 3.8) is 0 Å². The standard InChI is InChI=1S/C31H38N8O5.C29H36N8O5.C3H2O2/c1-19-28(41)39-13-5-6-26(36-39)29(42)44-20(2)21-7-8-22-18-32-24(17-23(22)16-21)9-11-31(3,4)30(43)35-25(27(40)34-19)10-14-38-15-12-33-37-38;1-17-26(39)37-13-5-6-24(35-37)27(40)42-18(2)19-7-8-20-16-31-22(15-21(20)14-19)9-11-29(3,4)28(41)34-23(25(38)33-17)10-12-32-36-30;1-2-3(4)5/h7-9,11-12,15-20,25-26,36H,5-6,10,13-14H2,1-4H3,(H,34,40)(H,35,43);7-9,11,14-18,23-24,35H,5-6,10,12-13H2,1-4H3,(H,33,38)(H,34,41);1H,(H,4,5)/b2*11-9+;/t19-,20+,25-,26-;17-,18+,23-,24-;/m00./s1. The molecule has 28 heteroatoms. The highest BCUT2D eigenvalue weighted by Crippen LogP contribution is 2.28. The molecular weight excluding hydrogens is 1170 g/mol. The molecule has 3 aromatic heterocycles. The Morgan fingerprint density at radius 1 is 0.692 bits per heavy atom. The van der Waals surface area contributed by atoms with E-state index in [0.717, 1.165) is 32.7 Å². The number of rotatable bonds is 6. The summed E-state index contributed by atoms with van der Waals surface area (Å²) in [7, 11) is 0. The van der Waals surface area contributed by atoms with E-state index in [0.29, 0.717) is 56.7 Å². The molecule has 8 atom stereocenters. The lowest BCUT2D eigenvalue weighted by molar-refractivity contribution is -0.158. The fraction of sp³-hybridized carbons (Fsp3) is 0.444. The van der Waals surface area contributed by atoms with Gasteiger partial charge < -0.3 is 35.8 Å². The smallest absolute Gasteiger partial charge is 0.381 e. The second kappa shape index (κ2) is 30.9. The zero-order chi connectivity index (χ0) is 66.2. The van der Waals surface area contributed by atoms with Crippen molar-refractivity contribution in [3.05, 3.63) is 118 Å². The number of cyclic esters (lactones) is 2. The van der Waals surface area contributed by atoms with Gasteiger partial charge in [0.2, 0.25) is 23.6 Å². The van der Waals surface area contributed by atoms with Gasteiger partial charge in [0.25, 0.3) is 11.8 Å². The molecule has 0 aliphatic carbocycles. The number of terminal acetylenes is 1. The molecule has 10 bridgehead atoms. The number of aryl methyl sites for hydroxylation is 1. The fourth-order valence-electron chi connectivity index (χ4n) is 9.95. The zero-order valence-electron chi connectivity index (χ0n) is 51.9. The van der Waals surface area contributed by atoms with Crippen LogP contribution in [-0.2, 0) is 59.2 Å². The molecule has 0 radical (unpaired) electrons. The lowest BCUT2D eigenvalue weighted by Crippen LogP contribution is -2.60. The molecule has 7 N–H and O–H groups in total. The number of azide groups is 1. The average molecular weight is 1250 g/mol. The van der Waals surface area contributed by atoms with Crippen LogP contribution >= 0.6 is 0 Å². The molecule has 2 saturated heterocycles. The number of aliphatic carboxylic acids is 1. The number of esters is 2. The summed E-state index contributed by atoms with van der Waals surface area (Å²) in [6.07, 6.45) is 19.2. The van der Waals surface area contributed by atoms with E-state index in [9.17, 15) is 38.4 Å². The summed E-state index contributed by atoms with van der Waals surface area (Å²) in [5, 5.41) is 36.0. The Balaban J connectivity index is 0.000000241. The Morgan fingerprint density at radius 2 is 1.14 bits per heavy atom. The first-order valence-electron chi connectivity index (χ1n) is 29.8. The second-order valence-electron chi connectivity index (χ2n) is 23.5. The van der Waals surface area contributed by atoms with E-state index < -0.39 is 107 Å². The van der Waals surface area contributed by atoms with Gasteiger partial charge in [-0.2, -0.15) is 0 Å². The number of hydrazine groups is 2. The Kier molecular flexibility index (Phi) is 23.2. The first-order chi connectivity index (χ1) is 43.2. The van der Waals surface area contributed by atoms with E-state index in [1.165, 1.54) is 29.1 Å². The van der Waals surface area contributed by atoms with Crippen LogP contribution in [0.1, 0.15) is 129 Å². The van der Waals surface area contributed by atoms with Gasteiger partial charge in [0.15, 0.2) is 0 Å². The van der Waals surface area contributed by atoms with E-state index in [-0.39, 0.29) is 25.3 Å². The summed E-state index contributed by atoms with van der Waals surface area (Å²) >= 11 is 0.